The second-order valence-electron chi connectivity index (χ2n) is 4.51. The van der Waals surface area contributed by atoms with Gasteiger partial charge in [0.15, 0.2) is 0 Å². The third kappa shape index (κ3) is 2.65. The minimum atomic E-state index is -0.408. The molecule has 2 rings (SSSR count). The molecule has 0 bridgehead atoms. The molecule has 0 radical (unpaired) electrons. The van der Waals surface area contributed by atoms with Gasteiger partial charge in [-0.15, -0.1) is 0 Å². The number of benzene rings is 1. The average Bonchev–Trinajstić information content (AvgIpc) is 2.73. The Morgan fingerprint density at radius 1 is 1.53 bits per heavy atom. The van der Waals surface area contributed by atoms with Gasteiger partial charge in [-0.25, -0.2) is 0 Å². The highest BCUT2D eigenvalue weighted by atomic mass is 16.6. The van der Waals surface area contributed by atoms with E-state index in [-0.39, 0.29) is 18.0 Å². The number of anilines is 2. The number of carbonyl (C=O) groups is 1. The van der Waals surface area contributed by atoms with Gasteiger partial charge in [-0.2, -0.15) is 0 Å². The normalized spacial score (nSPS) is 13.1. The smallest absolute Gasteiger partial charge is 0.292 e. The molecule has 1 aromatic carbocycles. The van der Waals surface area contributed by atoms with Crippen LogP contribution >= 0.6 is 0 Å². The highest BCUT2D eigenvalue weighted by Gasteiger charge is 2.25. The van der Waals surface area contributed by atoms with E-state index in [2.05, 4.69) is 10.6 Å². The zero-order chi connectivity index (χ0) is 14.0. The number of hydrogen-bond acceptors (Lipinski definition) is 5. The van der Waals surface area contributed by atoms with Crippen LogP contribution in [-0.4, -0.2) is 38.0 Å². The first-order chi connectivity index (χ1) is 9.02. The summed E-state index contributed by atoms with van der Waals surface area (Å²) in [5, 5.41) is 16.8. The van der Waals surface area contributed by atoms with Crippen molar-refractivity contribution < 1.29 is 9.72 Å². The van der Waals surface area contributed by atoms with E-state index in [4.69, 9.17) is 0 Å². The maximum absolute atomic E-state index is 11.3. The number of fused-ring (bicyclic) bond motifs is 1. The molecular formula is C12H16N4O3. The first kappa shape index (κ1) is 13.3. The lowest BCUT2D eigenvalue weighted by atomic mass is 10.1. The van der Waals surface area contributed by atoms with Crippen LogP contribution in [-0.2, 0) is 11.2 Å². The number of nitro groups is 1. The van der Waals surface area contributed by atoms with E-state index in [1.165, 1.54) is 6.07 Å². The largest absolute Gasteiger partial charge is 0.368 e. The molecule has 7 heteroatoms. The van der Waals surface area contributed by atoms with Gasteiger partial charge >= 0.3 is 0 Å². The minimum absolute atomic E-state index is 0.0360. The Morgan fingerprint density at radius 3 is 2.89 bits per heavy atom. The van der Waals surface area contributed by atoms with Crippen molar-refractivity contribution in [2.75, 3.05) is 37.4 Å². The van der Waals surface area contributed by atoms with E-state index in [1.54, 1.807) is 18.0 Å². The number of nitrogens with zero attached hydrogens (tertiary/aromatic N) is 2. The van der Waals surface area contributed by atoms with Crippen LogP contribution in [0.5, 0.6) is 0 Å². The van der Waals surface area contributed by atoms with Crippen molar-refractivity contribution in [1.29, 1.82) is 0 Å². The lowest BCUT2D eigenvalue weighted by Gasteiger charge is -2.19. The Labute approximate surface area is 110 Å². The third-order valence-electron chi connectivity index (χ3n) is 3.13. The average molecular weight is 264 g/mol. The molecule has 1 heterocycles. The fourth-order valence-electron chi connectivity index (χ4n) is 2.10. The molecule has 0 aromatic heterocycles. The van der Waals surface area contributed by atoms with Crippen molar-refractivity contribution in [3.05, 3.63) is 27.8 Å². The molecule has 1 aromatic rings. The number of likely N-dealkylation sites (N-methyl/N-ethyl adjacent to an activating group) is 2. The molecule has 19 heavy (non-hydrogen) atoms. The Balaban J connectivity index is 2.38. The Hall–Kier alpha value is -2.15. The van der Waals surface area contributed by atoms with Gasteiger partial charge in [0.1, 0.15) is 5.69 Å². The van der Waals surface area contributed by atoms with Gasteiger partial charge in [0.05, 0.1) is 11.3 Å². The van der Waals surface area contributed by atoms with Crippen molar-refractivity contribution >= 4 is 23.0 Å². The summed E-state index contributed by atoms with van der Waals surface area (Å²) in [6.07, 6.45) is 0.205. The molecule has 0 aliphatic carbocycles. The molecule has 0 spiro atoms. The fraction of sp³-hybridized carbons (Fsp3) is 0.417. The molecular weight excluding hydrogens is 248 g/mol. The molecule has 0 saturated carbocycles. The summed E-state index contributed by atoms with van der Waals surface area (Å²) in [6.45, 7) is 1.36. The van der Waals surface area contributed by atoms with Crippen molar-refractivity contribution in [2.24, 2.45) is 0 Å². The highest BCUT2D eigenvalue weighted by Crippen LogP contribution is 2.36. The number of nitro benzene ring substituents is 1. The summed E-state index contributed by atoms with van der Waals surface area (Å²) in [5.41, 5.74) is 1.90. The molecule has 102 valence electrons. The number of rotatable bonds is 5. The molecule has 0 saturated heterocycles. The van der Waals surface area contributed by atoms with E-state index < -0.39 is 4.92 Å². The molecule has 1 amide bonds. The van der Waals surface area contributed by atoms with E-state index in [0.29, 0.717) is 23.5 Å². The molecule has 0 fully saturated rings. The summed E-state index contributed by atoms with van der Waals surface area (Å²) in [5.74, 6) is -0.126. The number of nitrogens with one attached hydrogen (secondary N) is 2. The topological polar surface area (TPSA) is 87.5 Å². The quantitative estimate of drug-likeness (QED) is 0.605. The summed E-state index contributed by atoms with van der Waals surface area (Å²) in [4.78, 5) is 23.9. The van der Waals surface area contributed by atoms with Crippen LogP contribution in [0.3, 0.4) is 0 Å². The standard InChI is InChI=1S/C12H16N4O3/c1-13-3-4-15(2)10-7-9-8(6-12(17)14-9)5-11(10)16(18)19/h5,7,13H,3-4,6H2,1-2H3,(H,14,17). The Morgan fingerprint density at radius 2 is 2.26 bits per heavy atom. The van der Waals surface area contributed by atoms with Gasteiger partial charge in [-0.05, 0) is 18.7 Å². The van der Waals surface area contributed by atoms with Crippen LogP contribution in [0.1, 0.15) is 5.56 Å². The number of carbonyl (C=O) groups excluding carboxylic acids is 1. The summed E-state index contributed by atoms with van der Waals surface area (Å²) in [6, 6.07) is 3.16. The predicted molar refractivity (Wildman–Crippen MR) is 72.6 cm³/mol. The molecule has 7 nitrogen and oxygen atoms in total. The van der Waals surface area contributed by atoms with Crippen LogP contribution in [0.4, 0.5) is 17.1 Å². The molecule has 1 aliphatic rings. The zero-order valence-corrected chi connectivity index (χ0v) is 10.9. The second-order valence-corrected chi connectivity index (χ2v) is 4.51. The zero-order valence-electron chi connectivity index (χ0n) is 10.9. The lowest BCUT2D eigenvalue weighted by molar-refractivity contribution is -0.384. The minimum Gasteiger partial charge on any atom is -0.368 e. The van der Waals surface area contributed by atoms with E-state index in [9.17, 15) is 14.9 Å². The molecule has 2 N–H and O–H groups in total. The monoisotopic (exact) mass is 264 g/mol. The van der Waals surface area contributed by atoms with Crippen LogP contribution in [0, 0.1) is 10.1 Å². The SMILES string of the molecule is CNCCN(C)c1cc2c(cc1[N+](=O)[O-])CC(=O)N2. The van der Waals surface area contributed by atoms with Crippen LogP contribution in [0.15, 0.2) is 12.1 Å². The van der Waals surface area contributed by atoms with Crippen molar-refractivity contribution in [3.63, 3.8) is 0 Å². The van der Waals surface area contributed by atoms with Crippen LogP contribution in [0.25, 0.3) is 0 Å². The first-order valence-electron chi connectivity index (χ1n) is 6.00. The van der Waals surface area contributed by atoms with Crippen molar-refractivity contribution in [1.82, 2.24) is 5.32 Å². The van der Waals surface area contributed by atoms with Crippen molar-refractivity contribution in [2.45, 2.75) is 6.42 Å². The van der Waals surface area contributed by atoms with E-state index >= 15 is 0 Å². The molecule has 0 unspecified atom stereocenters. The van der Waals surface area contributed by atoms with Gasteiger partial charge in [-0.1, -0.05) is 0 Å². The van der Waals surface area contributed by atoms with Gasteiger partial charge in [0.25, 0.3) is 5.69 Å². The van der Waals surface area contributed by atoms with Gasteiger partial charge in [-0.3, -0.25) is 14.9 Å². The number of hydrogen-bond donors (Lipinski definition) is 2. The van der Waals surface area contributed by atoms with Crippen LogP contribution in [0.2, 0.25) is 0 Å². The highest BCUT2D eigenvalue weighted by molar-refractivity contribution is 6.00. The third-order valence-corrected chi connectivity index (χ3v) is 3.13. The Kier molecular flexibility index (Phi) is 3.66. The molecule has 0 atom stereocenters. The Bertz CT molecular complexity index is 530. The summed E-state index contributed by atoms with van der Waals surface area (Å²) in [7, 11) is 3.62. The van der Waals surface area contributed by atoms with Gasteiger partial charge < -0.3 is 15.5 Å². The van der Waals surface area contributed by atoms with E-state index in [0.717, 1.165) is 6.54 Å². The van der Waals surface area contributed by atoms with Crippen molar-refractivity contribution in [3.8, 4) is 0 Å². The van der Waals surface area contributed by atoms with Gasteiger partial charge in [0.2, 0.25) is 5.91 Å². The van der Waals surface area contributed by atoms with Gasteiger partial charge in [0, 0.05) is 31.9 Å². The second kappa shape index (κ2) is 5.23. The summed E-state index contributed by atoms with van der Waals surface area (Å²) >= 11 is 0. The summed E-state index contributed by atoms with van der Waals surface area (Å²) < 4.78 is 0. The van der Waals surface area contributed by atoms with Crippen LogP contribution < -0.4 is 15.5 Å². The fourth-order valence-corrected chi connectivity index (χ4v) is 2.10. The molecule has 1 aliphatic heterocycles. The maximum Gasteiger partial charge on any atom is 0.292 e. The maximum atomic E-state index is 11.3. The first-order valence-corrected chi connectivity index (χ1v) is 6.00. The van der Waals surface area contributed by atoms with E-state index in [1.807, 2.05) is 7.05 Å². The number of amides is 1. The predicted octanol–water partition coefficient (Wildman–Crippen LogP) is 0.745. The lowest BCUT2D eigenvalue weighted by Crippen LogP contribution is -2.27.